The van der Waals surface area contributed by atoms with Crippen LogP contribution in [0, 0.1) is 6.92 Å². The van der Waals surface area contributed by atoms with Crippen molar-refractivity contribution >= 4 is 0 Å². The Hall–Kier alpha value is -1.81. The lowest BCUT2D eigenvalue weighted by atomic mass is 10.0. The van der Waals surface area contributed by atoms with Crippen molar-refractivity contribution in [3.63, 3.8) is 0 Å². The molecule has 18 heavy (non-hydrogen) atoms. The van der Waals surface area contributed by atoms with Crippen molar-refractivity contribution in [2.75, 3.05) is 6.54 Å². The van der Waals surface area contributed by atoms with E-state index < -0.39 is 0 Å². The Labute approximate surface area is 108 Å². The van der Waals surface area contributed by atoms with Crippen molar-refractivity contribution in [1.29, 1.82) is 0 Å². The molecule has 0 saturated carbocycles. The maximum atomic E-state index is 4.49. The standard InChI is InChI=1S/C14H18N4/c1-3-6-17-14(12-8-15-10-16-9-12)13-11(2)5-4-7-18-13/h4-5,7-10,14,17H,3,6H2,1-2H3. The first-order chi connectivity index (χ1) is 8.83. The molecule has 0 aliphatic rings. The molecule has 0 aromatic carbocycles. The lowest BCUT2D eigenvalue weighted by molar-refractivity contribution is 0.580. The molecule has 4 nitrogen and oxygen atoms in total. The van der Waals surface area contributed by atoms with Crippen LogP contribution in [-0.2, 0) is 0 Å². The molecule has 2 aromatic rings. The molecule has 1 N–H and O–H groups in total. The van der Waals surface area contributed by atoms with Gasteiger partial charge in [-0.25, -0.2) is 9.97 Å². The highest BCUT2D eigenvalue weighted by atomic mass is 14.9. The van der Waals surface area contributed by atoms with E-state index in [1.165, 1.54) is 5.56 Å². The molecule has 0 saturated heterocycles. The average Bonchev–Trinajstić information content (AvgIpc) is 2.42. The van der Waals surface area contributed by atoms with Crippen LogP contribution in [0.3, 0.4) is 0 Å². The summed E-state index contributed by atoms with van der Waals surface area (Å²) in [5.41, 5.74) is 3.27. The van der Waals surface area contributed by atoms with E-state index in [2.05, 4.69) is 40.2 Å². The van der Waals surface area contributed by atoms with Gasteiger partial charge in [0.05, 0.1) is 11.7 Å². The highest BCUT2D eigenvalue weighted by Crippen LogP contribution is 2.21. The Kier molecular flexibility index (Phi) is 4.36. The molecule has 0 aliphatic heterocycles. The summed E-state index contributed by atoms with van der Waals surface area (Å²) in [6, 6.07) is 4.09. The maximum Gasteiger partial charge on any atom is 0.115 e. The quantitative estimate of drug-likeness (QED) is 0.873. The van der Waals surface area contributed by atoms with E-state index in [9.17, 15) is 0 Å². The molecule has 0 radical (unpaired) electrons. The van der Waals surface area contributed by atoms with Gasteiger partial charge in [-0.3, -0.25) is 4.98 Å². The van der Waals surface area contributed by atoms with Crippen LogP contribution in [0.15, 0.2) is 37.1 Å². The summed E-state index contributed by atoms with van der Waals surface area (Å²) in [6.07, 6.45) is 8.14. The summed E-state index contributed by atoms with van der Waals surface area (Å²) < 4.78 is 0. The Morgan fingerprint density at radius 1 is 1.28 bits per heavy atom. The molecule has 1 unspecified atom stereocenters. The molecule has 2 aromatic heterocycles. The lowest BCUT2D eigenvalue weighted by Crippen LogP contribution is -2.25. The zero-order valence-electron chi connectivity index (χ0n) is 10.8. The molecule has 0 aliphatic carbocycles. The van der Waals surface area contributed by atoms with Crippen LogP contribution in [0.4, 0.5) is 0 Å². The van der Waals surface area contributed by atoms with Crippen LogP contribution < -0.4 is 5.32 Å². The number of rotatable bonds is 5. The van der Waals surface area contributed by atoms with E-state index in [4.69, 9.17) is 0 Å². The third kappa shape index (κ3) is 2.90. The van der Waals surface area contributed by atoms with Gasteiger partial charge in [0.2, 0.25) is 0 Å². The highest BCUT2D eigenvalue weighted by molar-refractivity contribution is 5.29. The molecule has 2 rings (SSSR count). The molecule has 0 amide bonds. The largest absolute Gasteiger partial charge is 0.305 e. The first-order valence-corrected chi connectivity index (χ1v) is 6.22. The van der Waals surface area contributed by atoms with E-state index in [1.54, 1.807) is 6.33 Å². The topological polar surface area (TPSA) is 50.7 Å². The summed E-state index contributed by atoms with van der Waals surface area (Å²) in [6.45, 7) is 5.17. The predicted molar refractivity (Wildman–Crippen MR) is 71.1 cm³/mol. The van der Waals surface area contributed by atoms with E-state index in [-0.39, 0.29) is 6.04 Å². The van der Waals surface area contributed by atoms with E-state index in [0.717, 1.165) is 24.2 Å². The van der Waals surface area contributed by atoms with Gasteiger partial charge in [-0.1, -0.05) is 13.0 Å². The van der Waals surface area contributed by atoms with E-state index in [0.29, 0.717) is 0 Å². The molecule has 0 bridgehead atoms. The van der Waals surface area contributed by atoms with Crippen LogP contribution in [0.2, 0.25) is 0 Å². The fraction of sp³-hybridized carbons (Fsp3) is 0.357. The smallest absolute Gasteiger partial charge is 0.115 e. The minimum absolute atomic E-state index is 0.0624. The summed E-state index contributed by atoms with van der Waals surface area (Å²) >= 11 is 0. The third-order valence-corrected chi connectivity index (χ3v) is 2.84. The minimum Gasteiger partial charge on any atom is -0.305 e. The first kappa shape index (κ1) is 12.6. The number of pyridine rings is 1. The van der Waals surface area contributed by atoms with Gasteiger partial charge in [0.1, 0.15) is 6.33 Å². The average molecular weight is 242 g/mol. The Morgan fingerprint density at radius 2 is 2.06 bits per heavy atom. The van der Waals surface area contributed by atoms with Gasteiger partial charge in [0.25, 0.3) is 0 Å². The van der Waals surface area contributed by atoms with Gasteiger partial charge in [-0.2, -0.15) is 0 Å². The fourth-order valence-electron chi connectivity index (χ4n) is 1.92. The van der Waals surface area contributed by atoms with Crippen LogP contribution in [0.25, 0.3) is 0 Å². The summed E-state index contributed by atoms with van der Waals surface area (Å²) in [5.74, 6) is 0. The number of hydrogen-bond acceptors (Lipinski definition) is 4. The molecule has 0 fully saturated rings. The number of nitrogens with zero attached hydrogens (tertiary/aromatic N) is 3. The lowest BCUT2D eigenvalue weighted by Gasteiger charge is -2.19. The summed E-state index contributed by atoms with van der Waals surface area (Å²) in [7, 11) is 0. The van der Waals surface area contributed by atoms with Gasteiger partial charge in [0, 0.05) is 24.2 Å². The number of hydrogen-bond donors (Lipinski definition) is 1. The number of nitrogens with one attached hydrogen (secondary N) is 1. The molecular formula is C14H18N4. The van der Waals surface area contributed by atoms with Crippen molar-refractivity contribution in [3.05, 3.63) is 53.9 Å². The van der Waals surface area contributed by atoms with Gasteiger partial charge in [-0.05, 0) is 31.5 Å². The zero-order valence-corrected chi connectivity index (χ0v) is 10.8. The Balaban J connectivity index is 2.34. The number of aryl methyl sites for hydroxylation is 1. The second kappa shape index (κ2) is 6.21. The maximum absolute atomic E-state index is 4.49. The monoisotopic (exact) mass is 242 g/mol. The zero-order chi connectivity index (χ0) is 12.8. The van der Waals surface area contributed by atoms with Crippen molar-refractivity contribution in [3.8, 4) is 0 Å². The van der Waals surface area contributed by atoms with Crippen LogP contribution in [0.1, 0.15) is 36.2 Å². The van der Waals surface area contributed by atoms with Gasteiger partial charge < -0.3 is 5.32 Å². The molecule has 94 valence electrons. The molecule has 4 heteroatoms. The van der Waals surface area contributed by atoms with Gasteiger partial charge in [0.15, 0.2) is 0 Å². The van der Waals surface area contributed by atoms with E-state index in [1.807, 2.05) is 24.7 Å². The fourth-order valence-corrected chi connectivity index (χ4v) is 1.92. The molecule has 2 heterocycles. The third-order valence-electron chi connectivity index (χ3n) is 2.84. The summed E-state index contributed by atoms with van der Waals surface area (Å²) in [4.78, 5) is 12.7. The van der Waals surface area contributed by atoms with Gasteiger partial charge in [-0.15, -0.1) is 0 Å². The second-order valence-electron chi connectivity index (χ2n) is 4.26. The molecule has 0 spiro atoms. The minimum atomic E-state index is 0.0624. The molecule has 1 atom stereocenters. The summed E-state index contributed by atoms with van der Waals surface area (Å²) in [5, 5.41) is 3.50. The van der Waals surface area contributed by atoms with Crippen molar-refractivity contribution in [1.82, 2.24) is 20.3 Å². The molecular weight excluding hydrogens is 224 g/mol. The SMILES string of the molecule is CCCNC(c1cncnc1)c1ncccc1C. The normalized spacial score (nSPS) is 12.3. The van der Waals surface area contributed by atoms with Crippen molar-refractivity contribution in [2.24, 2.45) is 0 Å². The Bertz CT molecular complexity index is 484. The van der Waals surface area contributed by atoms with Crippen molar-refractivity contribution in [2.45, 2.75) is 26.3 Å². The van der Waals surface area contributed by atoms with Crippen molar-refractivity contribution < 1.29 is 0 Å². The van der Waals surface area contributed by atoms with Crippen LogP contribution in [-0.4, -0.2) is 21.5 Å². The first-order valence-electron chi connectivity index (χ1n) is 6.22. The second-order valence-corrected chi connectivity index (χ2v) is 4.26. The van der Waals surface area contributed by atoms with Crippen LogP contribution in [0.5, 0.6) is 0 Å². The predicted octanol–water partition coefficient (Wildman–Crippen LogP) is 2.27. The van der Waals surface area contributed by atoms with Crippen LogP contribution >= 0.6 is 0 Å². The highest BCUT2D eigenvalue weighted by Gasteiger charge is 2.16. The van der Waals surface area contributed by atoms with Gasteiger partial charge >= 0.3 is 0 Å². The number of aromatic nitrogens is 3. The van der Waals surface area contributed by atoms with E-state index >= 15 is 0 Å². The Morgan fingerprint density at radius 3 is 2.72 bits per heavy atom.